The Hall–Kier alpha value is -0.350. The molecule has 10 heavy (non-hydrogen) atoms. The monoisotopic (exact) mass is 173 g/mol. The van der Waals surface area contributed by atoms with Gasteiger partial charge in [0.2, 0.25) is 0 Å². The summed E-state index contributed by atoms with van der Waals surface area (Å²) in [6, 6.07) is 0. The van der Waals surface area contributed by atoms with E-state index in [0.717, 1.165) is 4.34 Å². The van der Waals surface area contributed by atoms with E-state index in [4.69, 9.17) is 0 Å². The van der Waals surface area contributed by atoms with Crippen molar-refractivity contribution >= 4 is 28.9 Å². The van der Waals surface area contributed by atoms with E-state index in [2.05, 4.69) is 4.98 Å². The normalized spacial score (nSPS) is 9.70. The van der Waals surface area contributed by atoms with Crippen molar-refractivity contribution in [1.82, 2.24) is 4.98 Å². The smallest absolute Gasteiger partial charge is 0.150 e. The third-order valence-electron chi connectivity index (χ3n) is 0.809. The molecule has 0 saturated heterocycles. The summed E-state index contributed by atoms with van der Waals surface area (Å²) in [7, 11) is 0. The van der Waals surface area contributed by atoms with E-state index in [9.17, 15) is 4.79 Å². The Labute approximate surface area is 67.7 Å². The van der Waals surface area contributed by atoms with E-state index in [1.165, 1.54) is 11.8 Å². The third-order valence-corrected chi connectivity index (χ3v) is 2.92. The van der Waals surface area contributed by atoms with Gasteiger partial charge in [-0.15, -0.1) is 11.3 Å². The van der Waals surface area contributed by atoms with Crippen molar-refractivity contribution in [2.45, 2.75) is 11.3 Å². The van der Waals surface area contributed by atoms with Gasteiger partial charge in [-0.3, -0.25) is 4.79 Å². The van der Waals surface area contributed by atoms with Crippen molar-refractivity contribution in [3.05, 3.63) is 11.6 Å². The van der Waals surface area contributed by atoms with E-state index in [1.54, 1.807) is 24.5 Å². The number of carbonyl (C=O) groups is 1. The Kier molecular flexibility index (Phi) is 2.89. The van der Waals surface area contributed by atoms with Gasteiger partial charge in [-0.2, -0.15) is 0 Å². The van der Waals surface area contributed by atoms with Gasteiger partial charge >= 0.3 is 0 Å². The molecule has 0 unspecified atom stereocenters. The van der Waals surface area contributed by atoms with Gasteiger partial charge in [0.15, 0.2) is 0 Å². The van der Waals surface area contributed by atoms with Crippen molar-refractivity contribution in [3.8, 4) is 0 Å². The van der Waals surface area contributed by atoms with E-state index in [-0.39, 0.29) is 5.78 Å². The number of ketones is 1. The summed E-state index contributed by atoms with van der Waals surface area (Å²) in [4.78, 5) is 14.5. The van der Waals surface area contributed by atoms with Gasteiger partial charge in [0.1, 0.15) is 10.1 Å². The lowest BCUT2D eigenvalue weighted by molar-refractivity contribution is -0.114. The second kappa shape index (κ2) is 3.73. The highest BCUT2D eigenvalue weighted by molar-refractivity contribution is 8.01. The summed E-state index contributed by atoms with van der Waals surface area (Å²) in [6.45, 7) is 1.58. The molecule has 0 spiro atoms. The second-order valence-corrected chi connectivity index (χ2v) is 3.91. The quantitative estimate of drug-likeness (QED) is 0.653. The maximum Gasteiger partial charge on any atom is 0.150 e. The molecular formula is C6H7NOS2. The van der Waals surface area contributed by atoms with Crippen LogP contribution < -0.4 is 0 Å². The lowest BCUT2D eigenvalue weighted by Crippen LogP contribution is -1.91. The summed E-state index contributed by atoms with van der Waals surface area (Å²) in [5.74, 6) is 0.730. The van der Waals surface area contributed by atoms with Gasteiger partial charge in [-0.1, -0.05) is 11.8 Å². The average Bonchev–Trinajstić information content (AvgIpc) is 2.34. The first-order valence-corrected chi connectivity index (χ1v) is 4.67. The molecule has 0 atom stereocenters. The molecule has 0 saturated carbocycles. The molecule has 1 heterocycles. The number of thioether (sulfide) groups is 1. The largest absolute Gasteiger partial charge is 0.299 e. The van der Waals surface area contributed by atoms with Crippen LogP contribution in [0.15, 0.2) is 15.9 Å². The van der Waals surface area contributed by atoms with Crippen LogP contribution in [0.4, 0.5) is 0 Å². The Morgan fingerprint density at radius 2 is 2.70 bits per heavy atom. The molecule has 0 aliphatic carbocycles. The van der Waals surface area contributed by atoms with Gasteiger partial charge in [-0.05, 0) is 6.92 Å². The fraction of sp³-hybridized carbons (Fsp3) is 0.333. The van der Waals surface area contributed by atoms with Crippen LogP contribution in [0.5, 0.6) is 0 Å². The van der Waals surface area contributed by atoms with Gasteiger partial charge < -0.3 is 0 Å². The number of hydrogen-bond acceptors (Lipinski definition) is 4. The topological polar surface area (TPSA) is 30.0 Å². The Morgan fingerprint density at radius 3 is 3.20 bits per heavy atom. The van der Waals surface area contributed by atoms with E-state index in [0.29, 0.717) is 5.75 Å². The van der Waals surface area contributed by atoms with Crippen LogP contribution in [0.25, 0.3) is 0 Å². The standard InChI is InChI=1S/C6H7NOS2/c1-5(8)4-10-6-7-2-3-9-6/h2-3H,4H2,1H3. The zero-order valence-electron chi connectivity index (χ0n) is 5.53. The predicted molar refractivity (Wildman–Crippen MR) is 43.5 cm³/mol. The maximum absolute atomic E-state index is 10.5. The number of hydrogen-bond donors (Lipinski definition) is 0. The highest BCUT2D eigenvalue weighted by atomic mass is 32.2. The van der Waals surface area contributed by atoms with E-state index in [1.807, 2.05) is 5.38 Å². The summed E-state index contributed by atoms with van der Waals surface area (Å²) in [5, 5.41) is 1.91. The highest BCUT2D eigenvalue weighted by Gasteiger charge is 1.97. The van der Waals surface area contributed by atoms with Crippen LogP contribution in [-0.2, 0) is 4.79 Å². The summed E-state index contributed by atoms with van der Waals surface area (Å²) in [6.07, 6.45) is 1.74. The zero-order valence-corrected chi connectivity index (χ0v) is 7.17. The molecule has 1 aromatic heterocycles. The number of Topliss-reactive ketones (excluding diaryl/α,β-unsaturated/α-hetero) is 1. The number of nitrogens with zero attached hydrogens (tertiary/aromatic N) is 1. The van der Waals surface area contributed by atoms with Gasteiger partial charge in [0, 0.05) is 11.6 Å². The van der Waals surface area contributed by atoms with Gasteiger partial charge in [-0.25, -0.2) is 4.98 Å². The van der Waals surface area contributed by atoms with Crippen LogP contribution in [0, 0.1) is 0 Å². The van der Waals surface area contributed by atoms with Crippen molar-refractivity contribution < 1.29 is 4.79 Å². The molecule has 1 rings (SSSR count). The zero-order chi connectivity index (χ0) is 7.40. The van der Waals surface area contributed by atoms with Crippen molar-refractivity contribution in [1.29, 1.82) is 0 Å². The molecule has 0 aromatic carbocycles. The minimum atomic E-state index is 0.195. The van der Waals surface area contributed by atoms with Crippen molar-refractivity contribution in [2.75, 3.05) is 5.75 Å². The van der Waals surface area contributed by atoms with Crippen LogP contribution in [0.3, 0.4) is 0 Å². The molecule has 4 heteroatoms. The Morgan fingerprint density at radius 1 is 1.90 bits per heavy atom. The number of rotatable bonds is 3. The number of thiazole rings is 1. The summed E-state index contributed by atoms with van der Waals surface area (Å²) < 4.78 is 0.968. The first-order valence-electron chi connectivity index (χ1n) is 2.81. The highest BCUT2D eigenvalue weighted by Crippen LogP contribution is 2.19. The predicted octanol–water partition coefficient (Wildman–Crippen LogP) is 1.82. The average molecular weight is 173 g/mol. The Bertz CT molecular complexity index is 208. The summed E-state index contributed by atoms with van der Waals surface area (Å²) in [5.41, 5.74) is 0. The third kappa shape index (κ3) is 2.49. The van der Waals surface area contributed by atoms with Gasteiger partial charge in [0.05, 0.1) is 5.75 Å². The molecule has 0 radical (unpaired) electrons. The summed E-state index contributed by atoms with van der Waals surface area (Å²) >= 11 is 3.06. The van der Waals surface area contributed by atoms with Crippen molar-refractivity contribution in [3.63, 3.8) is 0 Å². The Balaban J connectivity index is 2.35. The van der Waals surface area contributed by atoms with Crippen LogP contribution in [0.2, 0.25) is 0 Å². The van der Waals surface area contributed by atoms with Crippen LogP contribution >= 0.6 is 23.1 Å². The first-order chi connectivity index (χ1) is 4.79. The molecule has 0 N–H and O–H groups in total. The molecule has 0 aliphatic rings. The van der Waals surface area contributed by atoms with E-state index < -0.39 is 0 Å². The molecule has 0 fully saturated rings. The molecule has 0 amide bonds. The SMILES string of the molecule is CC(=O)CSc1nccs1. The van der Waals surface area contributed by atoms with Crippen LogP contribution in [0.1, 0.15) is 6.92 Å². The van der Waals surface area contributed by atoms with E-state index >= 15 is 0 Å². The first kappa shape index (κ1) is 7.75. The van der Waals surface area contributed by atoms with Gasteiger partial charge in [0.25, 0.3) is 0 Å². The molecular weight excluding hydrogens is 166 g/mol. The minimum Gasteiger partial charge on any atom is -0.299 e. The molecule has 1 aromatic rings. The molecule has 0 bridgehead atoms. The fourth-order valence-electron chi connectivity index (χ4n) is 0.445. The molecule has 2 nitrogen and oxygen atoms in total. The number of carbonyl (C=O) groups excluding carboxylic acids is 1. The second-order valence-electron chi connectivity index (χ2n) is 1.79. The number of aromatic nitrogens is 1. The lowest BCUT2D eigenvalue weighted by atomic mass is 10.5. The maximum atomic E-state index is 10.5. The lowest BCUT2D eigenvalue weighted by Gasteiger charge is -1.89. The molecule has 0 aliphatic heterocycles. The fourth-order valence-corrected chi connectivity index (χ4v) is 1.88. The van der Waals surface area contributed by atoms with Crippen molar-refractivity contribution in [2.24, 2.45) is 0 Å². The minimum absolute atomic E-state index is 0.195. The molecule has 54 valence electrons. The van der Waals surface area contributed by atoms with Crippen LogP contribution in [-0.4, -0.2) is 16.5 Å².